The Balaban J connectivity index is 1.19. The monoisotopic (exact) mass is 637 g/mol. The Morgan fingerprint density at radius 3 is 2.31 bits per heavy atom. The molecule has 0 bridgehead atoms. The molecule has 5 fully saturated rings. The third-order valence-electron chi connectivity index (χ3n) is 14.4. The quantitative estimate of drug-likeness (QED) is 0.183. The van der Waals surface area contributed by atoms with Crippen molar-refractivity contribution in [1.29, 1.82) is 0 Å². The summed E-state index contributed by atoms with van der Waals surface area (Å²) in [6.07, 6.45) is 9.06. The molecule has 4 saturated carbocycles. The van der Waals surface area contributed by atoms with Crippen LogP contribution in [0.1, 0.15) is 118 Å². The molecule has 1 aliphatic heterocycles. The number of nitrogens with one attached hydrogen (secondary N) is 1. The van der Waals surface area contributed by atoms with Crippen LogP contribution >= 0.6 is 0 Å². The summed E-state index contributed by atoms with van der Waals surface area (Å²) in [6.45, 7) is 12.2. The average molecular weight is 638 g/mol. The van der Waals surface area contributed by atoms with E-state index in [9.17, 15) is 25.5 Å². The Kier molecular flexibility index (Phi) is 11.4. The van der Waals surface area contributed by atoms with Gasteiger partial charge in [-0.3, -0.25) is 0 Å². The third-order valence-corrected chi connectivity index (χ3v) is 14.4. The van der Waals surface area contributed by atoms with Crippen molar-refractivity contribution in [3.63, 3.8) is 0 Å². The molecule has 0 aromatic carbocycles. The van der Waals surface area contributed by atoms with Gasteiger partial charge in [0.15, 0.2) is 5.79 Å². The predicted molar refractivity (Wildman–Crippen MR) is 175 cm³/mol. The highest BCUT2D eigenvalue weighted by Gasteiger charge is 2.60. The van der Waals surface area contributed by atoms with Crippen LogP contribution in [-0.2, 0) is 9.47 Å². The van der Waals surface area contributed by atoms with Gasteiger partial charge in [-0.2, -0.15) is 0 Å². The molecule has 4 aliphatic carbocycles. The number of methoxy groups -OCH3 is 1. The van der Waals surface area contributed by atoms with Crippen LogP contribution in [0.25, 0.3) is 0 Å². The van der Waals surface area contributed by atoms with Crippen LogP contribution < -0.4 is 5.32 Å². The highest BCUT2D eigenvalue weighted by atomic mass is 16.7. The van der Waals surface area contributed by atoms with Gasteiger partial charge in [0.1, 0.15) is 24.4 Å². The fourth-order valence-corrected chi connectivity index (χ4v) is 11.7. The maximum Gasteiger partial charge on any atom is 0.183 e. The molecule has 45 heavy (non-hydrogen) atoms. The van der Waals surface area contributed by atoms with Crippen LogP contribution in [0.3, 0.4) is 0 Å². The van der Waals surface area contributed by atoms with E-state index in [1.165, 1.54) is 71.3 Å². The Morgan fingerprint density at radius 2 is 1.62 bits per heavy atom. The number of hydrogen-bond donors (Lipinski definition) is 6. The summed E-state index contributed by atoms with van der Waals surface area (Å²) in [7, 11) is 1.51. The molecule has 0 spiro atoms. The first kappa shape index (κ1) is 36.0. The largest absolute Gasteiger partial charge is 0.394 e. The van der Waals surface area contributed by atoms with Crippen LogP contribution in [0.15, 0.2) is 0 Å². The van der Waals surface area contributed by atoms with Crippen LogP contribution in [-0.4, -0.2) is 88.1 Å². The smallest absolute Gasteiger partial charge is 0.183 e. The summed E-state index contributed by atoms with van der Waals surface area (Å²) in [4.78, 5) is 0. The van der Waals surface area contributed by atoms with Gasteiger partial charge in [0.25, 0.3) is 0 Å². The Morgan fingerprint density at radius 1 is 0.911 bits per heavy atom. The number of aliphatic hydroxyl groups is 5. The second-order valence-electron chi connectivity index (χ2n) is 17.2. The van der Waals surface area contributed by atoms with E-state index in [-0.39, 0.29) is 6.42 Å². The molecule has 5 aliphatic rings. The number of ether oxygens (including phenoxy) is 2. The van der Waals surface area contributed by atoms with Crippen LogP contribution in [0, 0.1) is 52.3 Å². The van der Waals surface area contributed by atoms with Crippen molar-refractivity contribution in [2.45, 2.75) is 160 Å². The normalized spacial score (nSPS) is 47.1. The number of fused-ring (bicyclic) bond motifs is 5. The third kappa shape index (κ3) is 6.92. The van der Waals surface area contributed by atoms with Gasteiger partial charge in [0.05, 0.1) is 19.3 Å². The summed E-state index contributed by atoms with van der Waals surface area (Å²) in [5, 5.41) is 54.7. The van der Waals surface area contributed by atoms with E-state index in [0.717, 1.165) is 48.3 Å². The molecular formula is C37H67NO7. The highest BCUT2D eigenvalue weighted by Crippen LogP contribution is 2.68. The van der Waals surface area contributed by atoms with Gasteiger partial charge in [-0.25, -0.2) is 0 Å². The molecule has 8 heteroatoms. The zero-order valence-corrected chi connectivity index (χ0v) is 29.2. The van der Waals surface area contributed by atoms with E-state index in [1.54, 1.807) is 0 Å². The molecule has 0 aromatic heterocycles. The van der Waals surface area contributed by atoms with Gasteiger partial charge in [-0.1, -0.05) is 53.9 Å². The van der Waals surface area contributed by atoms with Crippen molar-refractivity contribution >= 4 is 0 Å². The first-order valence-corrected chi connectivity index (χ1v) is 18.6. The van der Waals surface area contributed by atoms with E-state index in [1.807, 2.05) is 0 Å². The lowest BCUT2D eigenvalue weighted by atomic mass is 9.44. The van der Waals surface area contributed by atoms with Crippen molar-refractivity contribution < 1.29 is 35.0 Å². The van der Waals surface area contributed by atoms with E-state index < -0.39 is 42.9 Å². The molecule has 5 rings (SSSR count). The summed E-state index contributed by atoms with van der Waals surface area (Å²) in [5.74, 6) is 4.57. The number of hydrogen-bond acceptors (Lipinski definition) is 8. The molecule has 6 N–H and O–H groups in total. The van der Waals surface area contributed by atoms with E-state index in [4.69, 9.17) is 9.47 Å². The van der Waals surface area contributed by atoms with Crippen molar-refractivity contribution in [1.82, 2.24) is 5.32 Å². The Bertz CT molecular complexity index is 967. The Labute approximate surface area is 273 Å². The van der Waals surface area contributed by atoms with Gasteiger partial charge in [0.2, 0.25) is 0 Å². The molecule has 0 radical (unpaired) electrons. The van der Waals surface area contributed by atoms with Crippen LogP contribution in [0.5, 0.6) is 0 Å². The average Bonchev–Trinajstić information content (AvgIpc) is 3.38. The van der Waals surface area contributed by atoms with Crippen molar-refractivity contribution in [2.24, 2.45) is 52.3 Å². The second kappa shape index (κ2) is 14.3. The molecular weight excluding hydrogens is 570 g/mol. The minimum Gasteiger partial charge on any atom is -0.394 e. The SMILES string of the molecule is CO[C@@]1(CN[C@@H]2CC[C@@]3(C)C(CC[C@H]4[C@@H]5CC[C@H]([C@H](C)CCCC(C)C)[C@@]5(C)CC[C@@H]43)C2)C[C@H](O)[C@@H](O)[C@H]([C@H](O)[C@@H](O)CO)O1. The molecule has 1 unspecified atom stereocenters. The number of aliphatic hydroxyl groups excluding tert-OH is 5. The molecule has 262 valence electrons. The molecule has 0 aromatic rings. The van der Waals surface area contributed by atoms with E-state index in [2.05, 4.69) is 39.9 Å². The molecule has 0 amide bonds. The highest BCUT2D eigenvalue weighted by molar-refractivity contribution is 5.10. The first-order chi connectivity index (χ1) is 21.3. The standard InChI is InChI=1S/C37H67NO7/c1-22(2)8-7-9-23(3)27-12-13-28-26-11-10-24-18-25(14-16-35(24,4)29(26)15-17-36(27,28)5)38-21-37(44-6)19-30(40)32(42)34(45-37)33(43)31(41)20-39/h22-34,38-43H,7-21H2,1-6H3/t23-,24?,25-,26+,27-,28+,29+,30+,31+,32-,33-,34-,35+,36-,37+/m1/s1. The first-order valence-electron chi connectivity index (χ1n) is 18.6. The Hall–Kier alpha value is -0.320. The van der Waals surface area contributed by atoms with Crippen LogP contribution in [0.4, 0.5) is 0 Å². The maximum atomic E-state index is 10.6. The fraction of sp³-hybridized carbons (Fsp3) is 1.00. The summed E-state index contributed by atoms with van der Waals surface area (Å²) < 4.78 is 11.8. The van der Waals surface area contributed by atoms with Gasteiger partial charge in [-0.05, 0) is 110 Å². The summed E-state index contributed by atoms with van der Waals surface area (Å²) in [6, 6.07) is 0.307. The van der Waals surface area contributed by atoms with Crippen molar-refractivity contribution in [3.05, 3.63) is 0 Å². The summed E-state index contributed by atoms with van der Waals surface area (Å²) >= 11 is 0. The van der Waals surface area contributed by atoms with Crippen molar-refractivity contribution in [3.8, 4) is 0 Å². The molecule has 8 nitrogen and oxygen atoms in total. The topological polar surface area (TPSA) is 132 Å². The molecule has 1 saturated heterocycles. The second-order valence-corrected chi connectivity index (χ2v) is 17.2. The minimum absolute atomic E-state index is 0.0468. The van der Waals surface area contributed by atoms with Gasteiger partial charge in [0, 0.05) is 19.6 Å². The van der Waals surface area contributed by atoms with Crippen LogP contribution in [0.2, 0.25) is 0 Å². The van der Waals surface area contributed by atoms with Crippen molar-refractivity contribution in [2.75, 3.05) is 20.3 Å². The molecule has 1 heterocycles. The minimum atomic E-state index is -1.55. The predicted octanol–water partition coefficient (Wildman–Crippen LogP) is 4.63. The van der Waals surface area contributed by atoms with Gasteiger partial charge < -0.3 is 40.3 Å². The zero-order valence-electron chi connectivity index (χ0n) is 29.2. The maximum absolute atomic E-state index is 10.6. The van der Waals surface area contributed by atoms with E-state index in [0.29, 0.717) is 29.3 Å². The van der Waals surface area contributed by atoms with Gasteiger partial charge >= 0.3 is 0 Å². The number of rotatable bonds is 12. The fourth-order valence-electron chi connectivity index (χ4n) is 11.7. The molecule has 15 atom stereocenters. The lowest BCUT2D eigenvalue weighted by molar-refractivity contribution is -0.327. The zero-order chi connectivity index (χ0) is 32.7. The lowest BCUT2D eigenvalue weighted by Crippen LogP contribution is -2.64. The lowest BCUT2D eigenvalue weighted by Gasteiger charge is -2.61. The van der Waals surface area contributed by atoms with Gasteiger partial charge in [-0.15, -0.1) is 0 Å². The van der Waals surface area contributed by atoms with E-state index >= 15 is 0 Å². The summed E-state index contributed by atoms with van der Waals surface area (Å²) in [5.41, 5.74) is 0.908.